The number of ether oxygens (including phenoxy) is 2. The molecule has 1 amide bonds. The van der Waals surface area contributed by atoms with E-state index in [0.717, 1.165) is 63.5 Å². The monoisotopic (exact) mass is 394 g/mol. The van der Waals surface area contributed by atoms with Gasteiger partial charge in [0, 0.05) is 33.3 Å². The summed E-state index contributed by atoms with van der Waals surface area (Å²) in [4.78, 5) is 17.3. The number of carbonyl (C=O) groups excluding carboxylic acids is 1. The molecule has 2 saturated heterocycles. The molecule has 2 aromatic rings. The molecular formula is C24H30N2O3. The van der Waals surface area contributed by atoms with Crippen molar-refractivity contribution in [2.24, 2.45) is 5.92 Å². The van der Waals surface area contributed by atoms with Crippen molar-refractivity contribution in [1.29, 1.82) is 0 Å². The topological polar surface area (TPSA) is 42.0 Å². The van der Waals surface area contributed by atoms with Crippen LogP contribution in [0.15, 0.2) is 54.6 Å². The predicted molar refractivity (Wildman–Crippen MR) is 113 cm³/mol. The molecule has 2 aromatic carbocycles. The van der Waals surface area contributed by atoms with Gasteiger partial charge >= 0.3 is 0 Å². The van der Waals surface area contributed by atoms with E-state index in [1.807, 2.05) is 47.4 Å². The minimum absolute atomic E-state index is 0.106. The second-order valence-corrected chi connectivity index (χ2v) is 8.07. The van der Waals surface area contributed by atoms with Gasteiger partial charge in [-0.2, -0.15) is 0 Å². The zero-order valence-corrected chi connectivity index (χ0v) is 17.1. The number of piperidine rings is 1. The lowest BCUT2D eigenvalue weighted by molar-refractivity contribution is -0.138. The van der Waals surface area contributed by atoms with E-state index in [1.54, 1.807) is 7.11 Å². The van der Waals surface area contributed by atoms with Gasteiger partial charge in [0.25, 0.3) is 0 Å². The Morgan fingerprint density at radius 3 is 2.66 bits per heavy atom. The van der Waals surface area contributed by atoms with Crippen molar-refractivity contribution in [3.8, 4) is 11.5 Å². The summed E-state index contributed by atoms with van der Waals surface area (Å²) in [5, 5.41) is 0. The van der Waals surface area contributed by atoms with Gasteiger partial charge in [-0.3, -0.25) is 9.69 Å². The molecule has 154 valence electrons. The molecule has 0 aromatic heterocycles. The molecule has 0 spiro atoms. The van der Waals surface area contributed by atoms with Crippen molar-refractivity contribution < 1.29 is 14.3 Å². The maximum absolute atomic E-state index is 12.9. The van der Waals surface area contributed by atoms with Gasteiger partial charge in [-0.1, -0.05) is 30.3 Å². The zero-order chi connectivity index (χ0) is 20.1. The maximum atomic E-state index is 12.9. The minimum atomic E-state index is 0.106. The molecule has 2 heterocycles. The Morgan fingerprint density at radius 2 is 1.83 bits per heavy atom. The SMILES string of the molecule is COC1CCCN(C(=O)C2CCN(Cc3cccc(Oc4ccccc4)c3)C2)C1. The molecule has 29 heavy (non-hydrogen) atoms. The number of para-hydroxylation sites is 1. The highest BCUT2D eigenvalue weighted by atomic mass is 16.5. The van der Waals surface area contributed by atoms with E-state index in [4.69, 9.17) is 9.47 Å². The Hall–Kier alpha value is -2.37. The number of rotatable bonds is 6. The molecule has 2 aliphatic heterocycles. The molecule has 0 saturated carbocycles. The van der Waals surface area contributed by atoms with Crippen LogP contribution in [0.4, 0.5) is 0 Å². The summed E-state index contributed by atoms with van der Waals surface area (Å²) in [5.41, 5.74) is 1.21. The quantitative estimate of drug-likeness (QED) is 0.744. The molecule has 0 radical (unpaired) electrons. The molecule has 2 unspecified atom stereocenters. The van der Waals surface area contributed by atoms with E-state index < -0.39 is 0 Å². The van der Waals surface area contributed by atoms with Crippen LogP contribution in [0.5, 0.6) is 11.5 Å². The van der Waals surface area contributed by atoms with Crippen molar-refractivity contribution in [2.75, 3.05) is 33.3 Å². The number of nitrogens with zero attached hydrogens (tertiary/aromatic N) is 2. The lowest BCUT2D eigenvalue weighted by Crippen LogP contribution is -2.45. The third kappa shape index (κ3) is 5.17. The van der Waals surface area contributed by atoms with Gasteiger partial charge in [-0.05, 0) is 55.6 Å². The second kappa shape index (κ2) is 9.42. The summed E-state index contributed by atoms with van der Waals surface area (Å²) < 4.78 is 11.4. The van der Waals surface area contributed by atoms with Crippen LogP contribution < -0.4 is 4.74 Å². The summed E-state index contributed by atoms with van der Waals surface area (Å²) in [6, 6.07) is 18.1. The normalized spacial score (nSPS) is 22.6. The van der Waals surface area contributed by atoms with Gasteiger partial charge in [0.05, 0.1) is 12.0 Å². The zero-order valence-electron chi connectivity index (χ0n) is 17.1. The molecule has 0 N–H and O–H groups in total. The fraction of sp³-hybridized carbons (Fsp3) is 0.458. The molecule has 4 rings (SSSR count). The summed E-state index contributed by atoms with van der Waals surface area (Å²) in [7, 11) is 1.74. The largest absolute Gasteiger partial charge is 0.457 e. The van der Waals surface area contributed by atoms with E-state index in [2.05, 4.69) is 17.0 Å². The van der Waals surface area contributed by atoms with Crippen LogP contribution in [0.2, 0.25) is 0 Å². The van der Waals surface area contributed by atoms with Crippen LogP contribution in [0.3, 0.4) is 0 Å². The fourth-order valence-corrected chi connectivity index (χ4v) is 4.36. The lowest BCUT2D eigenvalue weighted by atomic mass is 10.0. The van der Waals surface area contributed by atoms with Crippen molar-refractivity contribution in [1.82, 2.24) is 9.80 Å². The Morgan fingerprint density at radius 1 is 1.00 bits per heavy atom. The highest BCUT2D eigenvalue weighted by Crippen LogP contribution is 2.26. The fourth-order valence-electron chi connectivity index (χ4n) is 4.36. The number of amides is 1. The van der Waals surface area contributed by atoms with Gasteiger partial charge in [-0.15, -0.1) is 0 Å². The number of likely N-dealkylation sites (tertiary alicyclic amines) is 2. The molecule has 5 heteroatoms. The van der Waals surface area contributed by atoms with Crippen molar-refractivity contribution in [3.63, 3.8) is 0 Å². The standard InChI is InChI=1S/C24H30N2O3/c1-28-23-11-6-13-26(18-23)24(27)20-12-14-25(17-20)16-19-7-5-10-22(15-19)29-21-8-3-2-4-9-21/h2-5,7-10,15,20,23H,6,11-14,16-18H2,1H3. The lowest BCUT2D eigenvalue weighted by Gasteiger charge is -2.33. The summed E-state index contributed by atoms with van der Waals surface area (Å²) in [5.74, 6) is 2.09. The maximum Gasteiger partial charge on any atom is 0.227 e. The Kier molecular flexibility index (Phi) is 6.47. The third-order valence-corrected chi connectivity index (χ3v) is 5.93. The van der Waals surface area contributed by atoms with Crippen molar-refractivity contribution in [3.05, 3.63) is 60.2 Å². The van der Waals surface area contributed by atoms with Gasteiger partial charge < -0.3 is 14.4 Å². The molecule has 5 nitrogen and oxygen atoms in total. The molecule has 2 aliphatic rings. The van der Waals surface area contributed by atoms with Gasteiger partial charge in [0.1, 0.15) is 11.5 Å². The van der Waals surface area contributed by atoms with Crippen LogP contribution >= 0.6 is 0 Å². The number of carbonyl (C=O) groups is 1. The van der Waals surface area contributed by atoms with Crippen molar-refractivity contribution in [2.45, 2.75) is 31.9 Å². The minimum Gasteiger partial charge on any atom is -0.457 e. The van der Waals surface area contributed by atoms with E-state index in [9.17, 15) is 4.79 Å². The smallest absolute Gasteiger partial charge is 0.227 e. The van der Waals surface area contributed by atoms with Gasteiger partial charge in [0.15, 0.2) is 0 Å². The van der Waals surface area contributed by atoms with Crippen LogP contribution in [0.1, 0.15) is 24.8 Å². The van der Waals surface area contributed by atoms with Crippen LogP contribution in [-0.2, 0) is 16.1 Å². The van der Waals surface area contributed by atoms with Gasteiger partial charge in [-0.25, -0.2) is 0 Å². The van der Waals surface area contributed by atoms with Gasteiger partial charge in [0.2, 0.25) is 5.91 Å². The number of methoxy groups -OCH3 is 1. The third-order valence-electron chi connectivity index (χ3n) is 5.93. The van der Waals surface area contributed by atoms with E-state index in [0.29, 0.717) is 5.91 Å². The highest BCUT2D eigenvalue weighted by Gasteiger charge is 2.33. The van der Waals surface area contributed by atoms with E-state index >= 15 is 0 Å². The molecule has 0 bridgehead atoms. The highest BCUT2D eigenvalue weighted by molar-refractivity contribution is 5.79. The number of benzene rings is 2. The summed E-state index contributed by atoms with van der Waals surface area (Å²) in [6.45, 7) is 4.24. The average Bonchev–Trinajstić information content (AvgIpc) is 3.22. The first kappa shape index (κ1) is 19.9. The molecule has 0 aliphatic carbocycles. The first-order chi connectivity index (χ1) is 14.2. The summed E-state index contributed by atoms with van der Waals surface area (Å²) in [6.07, 6.45) is 3.22. The van der Waals surface area contributed by atoms with Crippen molar-refractivity contribution >= 4 is 5.91 Å². The first-order valence-electron chi connectivity index (χ1n) is 10.6. The number of hydrogen-bond donors (Lipinski definition) is 0. The molecule has 2 fully saturated rings. The van der Waals surface area contributed by atoms with Crippen LogP contribution in [-0.4, -0.2) is 55.1 Å². The Bertz CT molecular complexity index is 811. The van der Waals surface area contributed by atoms with Crippen LogP contribution in [0, 0.1) is 5.92 Å². The average molecular weight is 395 g/mol. The predicted octanol–water partition coefficient (Wildman–Crippen LogP) is 3.94. The van der Waals surface area contributed by atoms with E-state index in [1.165, 1.54) is 5.56 Å². The van der Waals surface area contributed by atoms with E-state index in [-0.39, 0.29) is 12.0 Å². The Balaban J connectivity index is 1.32. The molecular weight excluding hydrogens is 364 g/mol. The number of hydrogen-bond acceptors (Lipinski definition) is 4. The first-order valence-corrected chi connectivity index (χ1v) is 10.6. The van der Waals surface area contributed by atoms with Crippen LogP contribution in [0.25, 0.3) is 0 Å². The summed E-state index contributed by atoms with van der Waals surface area (Å²) >= 11 is 0. The second-order valence-electron chi connectivity index (χ2n) is 8.07. The Labute approximate surface area is 173 Å². The molecule has 2 atom stereocenters.